The lowest BCUT2D eigenvalue weighted by Crippen LogP contribution is -2.35. The van der Waals surface area contributed by atoms with Crippen molar-refractivity contribution in [1.82, 2.24) is 14.9 Å². The number of amides is 1. The smallest absolute Gasteiger partial charge is 0.347 e. The van der Waals surface area contributed by atoms with Crippen LogP contribution in [0.15, 0.2) is 24.5 Å². The molecule has 1 atom stereocenters. The minimum absolute atomic E-state index is 0.0428. The van der Waals surface area contributed by atoms with Crippen LogP contribution in [0.1, 0.15) is 61.8 Å². The number of carbonyl (C=O) groups excluding carboxylic acids is 2. The van der Waals surface area contributed by atoms with E-state index in [1.165, 1.54) is 44.6 Å². The van der Waals surface area contributed by atoms with Gasteiger partial charge in [-0.3, -0.25) is 14.9 Å². The minimum Gasteiger partial charge on any atom is -0.465 e. The van der Waals surface area contributed by atoms with Crippen LogP contribution in [0.25, 0.3) is 21.5 Å². The first-order valence-corrected chi connectivity index (χ1v) is 13.1. The summed E-state index contributed by atoms with van der Waals surface area (Å²) in [6.07, 6.45) is 8.50. The van der Waals surface area contributed by atoms with Crippen molar-refractivity contribution >= 4 is 44.9 Å². The second kappa shape index (κ2) is 9.88. The van der Waals surface area contributed by atoms with Crippen molar-refractivity contribution < 1.29 is 19.2 Å². The predicted molar refractivity (Wildman–Crippen MR) is 138 cm³/mol. The molecule has 1 unspecified atom stereocenters. The molecule has 1 saturated carbocycles. The van der Waals surface area contributed by atoms with Gasteiger partial charge < -0.3 is 19.5 Å². The van der Waals surface area contributed by atoms with Gasteiger partial charge in [0.2, 0.25) is 5.91 Å². The van der Waals surface area contributed by atoms with Crippen LogP contribution in [0, 0.1) is 10.1 Å². The fraction of sp³-hybridized carbons (Fsp3) is 0.480. The number of esters is 1. The largest absolute Gasteiger partial charge is 0.465 e. The van der Waals surface area contributed by atoms with E-state index in [4.69, 9.17) is 4.74 Å². The average molecular weight is 512 g/mol. The number of imidazole rings is 1. The van der Waals surface area contributed by atoms with Crippen LogP contribution in [0.2, 0.25) is 0 Å². The molecule has 190 valence electrons. The summed E-state index contributed by atoms with van der Waals surface area (Å²) in [5.41, 5.74) is 2.13. The Kier molecular flexibility index (Phi) is 6.65. The maximum absolute atomic E-state index is 12.8. The van der Waals surface area contributed by atoms with Gasteiger partial charge in [-0.1, -0.05) is 25.3 Å². The van der Waals surface area contributed by atoms with E-state index in [9.17, 15) is 19.7 Å². The van der Waals surface area contributed by atoms with Crippen molar-refractivity contribution in [1.29, 1.82) is 0 Å². The summed E-state index contributed by atoms with van der Waals surface area (Å²) < 4.78 is 7.18. The van der Waals surface area contributed by atoms with Crippen molar-refractivity contribution in [2.24, 2.45) is 0 Å². The lowest BCUT2D eigenvalue weighted by atomic mass is 9.95. The standard InChI is InChI=1S/C25H29N5O5S/c1-15(31)27-17-10-11-28(13-17)24-21(25(32)35-2)22(30(33)34)23(36-24)16-8-9-20-19(12-16)26-14-29(20)18-6-4-3-5-7-18/h8-9,12,14,17-18H,3-7,10-11,13H2,1-2H3,(H,27,31). The summed E-state index contributed by atoms with van der Waals surface area (Å²) >= 11 is 1.21. The average Bonchev–Trinajstić information content (AvgIpc) is 3.59. The van der Waals surface area contributed by atoms with Gasteiger partial charge in [0, 0.05) is 37.7 Å². The van der Waals surface area contributed by atoms with Gasteiger partial charge in [-0.25, -0.2) is 9.78 Å². The van der Waals surface area contributed by atoms with Crippen LogP contribution in [0.4, 0.5) is 10.7 Å². The van der Waals surface area contributed by atoms with Crippen molar-refractivity contribution in [3.05, 3.63) is 40.2 Å². The van der Waals surface area contributed by atoms with Crippen molar-refractivity contribution in [3.63, 3.8) is 0 Å². The fourth-order valence-electron chi connectivity index (χ4n) is 5.46. The molecule has 1 N–H and O–H groups in total. The Bertz CT molecular complexity index is 1330. The molecule has 0 spiro atoms. The summed E-state index contributed by atoms with van der Waals surface area (Å²) in [5.74, 6) is -0.876. The van der Waals surface area contributed by atoms with E-state index in [-0.39, 0.29) is 23.2 Å². The van der Waals surface area contributed by atoms with Crippen molar-refractivity contribution in [2.45, 2.75) is 57.5 Å². The number of hydrogen-bond acceptors (Lipinski definition) is 8. The van der Waals surface area contributed by atoms with Crippen molar-refractivity contribution in [3.8, 4) is 10.4 Å². The zero-order valence-electron chi connectivity index (χ0n) is 20.4. The van der Waals surface area contributed by atoms with E-state index in [0.29, 0.717) is 41.0 Å². The third-order valence-electron chi connectivity index (χ3n) is 7.12. The van der Waals surface area contributed by atoms with Crippen LogP contribution >= 0.6 is 11.3 Å². The monoisotopic (exact) mass is 511 g/mol. The summed E-state index contributed by atoms with van der Waals surface area (Å²) in [7, 11) is 1.22. The molecule has 11 heteroatoms. The number of fused-ring (bicyclic) bond motifs is 1. The molecule has 3 heterocycles. The number of nitro groups is 1. The topological polar surface area (TPSA) is 120 Å². The van der Waals surface area contributed by atoms with Gasteiger partial charge in [0.25, 0.3) is 0 Å². The van der Waals surface area contributed by atoms with Crippen LogP contribution in [0.5, 0.6) is 0 Å². The quantitative estimate of drug-likeness (QED) is 0.290. The lowest BCUT2D eigenvalue weighted by molar-refractivity contribution is -0.384. The molecular weight excluding hydrogens is 482 g/mol. The first-order chi connectivity index (χ1) is 17.4. The number of aromatic nitrogens is 2. The Morgan fingerprint density at radius 2 is 2.00 bits per heavy atom. The number of hydrogen-bond donors (Lipinski definition) is 1. The van der Waals surface area contributed by atoms with E-state index < -0.39 is 10.9 Å². The molecule has 2 aromatic heterocycles. The van der Waals surface area contributed by atoms with Gasteiger partial charge in [0.05, 0.1) is 29.4 Å². The number of nitrogens with one attached hydrogen (secondary N) is 1. The highest BCUT2D eigenvalue weighted by atomic mass is 32.1. The van der Waals surface area contributed by atoms with Crippen LogP contribution < -0.4 is 10.2 Å². The SMILES string of the molecule is COC(=O)c1c(N2CCC(NC(C)=O)C2)sc(-c2ccc3c(c2)ncn3C2CCCCC2)c1[N+](=O)[O-]. The highest BCUT2D eigenvalue weighted by Crippen LogP contribution is 2.48. The Morgan fingerprint density at radius 3 is 2.69 bits per heavy atom. The second-order valence-corrected chi connectivity index (χ2v) is 10.5. The molecule has 10 nitrogen and oxygen atoms in total. The van der Waals surface area contributed by atoms with Gasteiger partial charge >= 0.3 is 11.7 Å². The number of anilines is 1. The zero-order chi connectivity index (χ0) is 25.4. The van der Waals surface area contributed by atoms with Gasteiger partial charge in [-0.05, 0) is 31.4 Å². The van der Waals surface area contributed by atoms with Crippen molar-refractivity contribution in [2.75, 3.05) is 25.1 Å². The Labute approximate surface area is 212 Å². The summed E-state index contributed by atoms with van der Waals surface area (Å²) in [5, 5.41) is 15.6. The number of ether oxygens (including phenoxy) is 1. The van der Waals surface area contributed by atoms with E-state index >= 15 is 0 Å². The van der Waals surface area contributed by atoms with Crippen LogP contribution in [0.3, 0.4) is 0 Å². The van der Waals surface area contributed by atoms with E-state index in [1.807, 2.05) is 29.4 Å². The molecule has 1 saturated heterocycles. The summed E-state index contributed by atoms with van der Waals surface area (Å²) in [6, 6.07) is 6.04. The number of nitrogens with zero attached hydrogens (tertiary/aromatic N) is 4. The maximum Gasteiger partial charge on any atom is 0.347 e. The highest BCUT2D eigenvalue weighted by Gasteiger charge is 2.38. The van der Waals surface area contributed by atoms with Gasteiger partial charge in [0.1, 0.15) is 9.88 Å². The molecule has 1 aliphatic heterocycles. The molecule has 2 aliphatic rings. The number of methoxy groups -OCH3 is 1. The van der Waals surface area contributed by atoms with E-state index in [2.05, 4.69) is 14.9 Å². The van der Waals surface area contributed by atoms with Crippen LogP contribution in [-0.2, 0) is 9.53 Å². The first-order valence-electron chi connectivity index (χ1n) is 12.3. The number of benzene rings is 1. The molecule has 36 heavy (non-hydrogen) atoms. The third kappa shape index (κ3) is 4.43. The van der Waals surface area contributed by atoms with Gasteiger partial charge in [-0.2, -0.15) is 0 Å². The van der Waals surface area contributed by atoms with Gasteiger partial charge in [-0.15, -0.1) is 11.3 Å². The van der Waals surface area contributed by atoms with E-state index in [0.717, 1.165) is 23.9 Å². The Hall–Kier alpha value is -3.47. The molecule has 5 rings (SSSR count). The third-order valence-corrected chi connectivity index (χ3v) is 8.41. The van der Waals surface area contributed by atoms with Gasteiger partial charge in [0.15, 0.2) is 5.56 Å². The molecule has 0 radical (unpaired) electrons. The number of rotatable bonds is 6. The van der Waals surface area contributed by atoms with E-state index in [1.54, 1.807) is 0 Å². The molecule has 1 aliphatic carbocycles. The predicted octanol–water partition coefficient (Wildman–Crippen LogP) is 4.68. The summed E-state index contributed by atoms with van der Waals surface area (Å²) in [4.78, 5) is 43.0. The fourth-order valence-corrected chi connectivity index (χ4v) is 6.75. The second-order valence-electron chi connectivity index (χ2n) is 9.49. The Balaban J connectivity index is 1.57. The van der Waals surface area contributed by atoms with Crippen LogP contribution in [-0.4, -0.2) is 52.6 Å². The lowest BCUT2D eigenvalue weighted by Gasteiger charge is -2.23. The molecular formula is C25H29N5O5S. The normalized spacial score (nSPS) is 18.5. The molecule has 2 fully saturated rings. The number of thiophene rings is 1. The molecule has 1 amide bonds. The summed E-state index contributed by atoms with van der Waals surface area (Å²) in [6.45, 7) is 2.49. The molecule has 0 bridgehead atoms. The minimum atomic E-state index is -0.746. The molecule has 1 aromatic carbocycles. The Morgan fingerprint density at radius 1 is 1.22 bits per heavy atom. The zero-order valence-corrected chi connectivity index (χ0v) is 21.2. The molecule has 3 aromatic rings. The first kappa shape index (κ1) is 24.2. The highest BCUT2D eigenvalue weighted by molar-refractivity contribution is 7.20. The maximum atomic E-state index is 12.8. The number of carbonyl (C=O) groups is 2.